The topological polar surface area (TPSA) is 43.8 Å². The van der Waals surface area contributed by atoms with E-state index in [9.17, 15) is 0 Å². The first-order valence-corrected chi connectivity index (χ1v) is 7.60. The Bertz CT molecular complexity index is 557. The van der Waals surface area contributed by atoms with Crippen molar-refractivity contribution in [2.45, 2.75) is 52.5 Å². The molecule has 0 spiro atoms. The van der Waals surface area contributed by atoms with Crippen molar-refractivity contribution in [3.63, 3.8) is 0 Å². The van der Waals surface area contributed by atoms with E-state index in [1.54, 1.807) is 0 Å². The first-order valence-electron chi connectivity index (χ1n) is 7.60. The van der Waals surface area contributed by atoms with Crippen LogP contribution >= 0.6 is 0 Å². The van der Waals surface area contributed by atoms with Gasteiger partial charge in [0, 0.05) is 11.7 Å². The van der Waals surface area contributed by atoms with Crippen LogP contribution in [-0.2, 0) is 19.3 Å². The number of aryl methyl sites for hydroxylation is 2. The molecule has 0 saturated heterocycles. The molecule has 0 bridgehead atoms. The molecule has 0 saturated carbocycles. The number of hydrogen-bond donors (Lipinski definition) is 1. The molecular weight excluding hydrogens is 246 g/mol. The molecule has 1 heterocycles. The fourth-order valence-electron chi connectivity index (χ4n) is 2.39. The summed E-state index contributed by atoms with van der Waals surface area (Å²) in [6.45, 7) is 6.44. The zero-order valence-corrected chi connectivity index (χ0v) is 12.8. The van der Waals surface area contributed by atoms with Gasteiger partial charge in [-0.05, 0) is 49.4 Å². The van der Waals surface area contributed by atoms with Crippen molar-refractivity contribution in [3.05, 3.63) is 47.3 Å². The summed E-state index contributed by atoms with van der Waals surface area (Å²) < 4.78 is 2.07. The maximum atomic E-state index is 6.05. The third-order valence-electron chi connectivity index (χ3n) is 3.74. The van der Waals surface area contributed by atoms with Gasteiger partial charge in [-0.15, -0.1) is 0 Å². The predicted octanol–water partition coefficient (Wildman–Crippen LogP) is 3.28. The maximum Gasteiger partial charge on any atom is 0.0651 e. The van der Waals surface area contributed by atoms with Crippen LogP contribution < -0.4 is 5.73 Å². The lowest BCUT2D eigenvalue weighted by molar-refractivity contribution is 0.645. The van der Waals surface area contributed by atoms with E-state index in [-0.39, 0.29) is 6.04 Å². The summed E-state index contributed by atoms with van der Waals surface area (Å²) in [6, 6.07) is 11.0. The van der Waals surface area contributed by atoms with Crippen LogP contribution in [0.1, 0.15) is 44.1 Å². The minimum absolute atomic E-state index is 0.236. The summed E-state index contributed by atoms with van der Waals surface area (Å²) in [6.07, 6.45) is 3.89. The summed E-state index contributed by atoms with van der Waals surface area (Å²) >= 11 is 0. The van der Waals surface area contributed by atoms with E-state index in [1.807, 2.05) is 0 Å². The normalized spacial score (nSPS) is 12.6. The minimum Gasteiger partial charge on any atom is -0.327 e. The van der Waals surface area contributed by atoms with Gasteiger partial charge in [0.25, 0.3) is 0 Å². The molecular formula is C17H25N3. The lowest BCUT2D eigenvalue weighted by atomic mass is 10.0. The number of aromatic nitrogens is 2. The standard InChI is InChI=1S/C17H25N3/c1-4-14(18)10-13-8-7-9-17(11-13)20-16(6-3)12-15(5-2)19-20/h7-9,11-12,14H,4-6,10,18H2,1-3H3. The SMILES string of the molecule is CCc1cc(CC)n(-c2cccc(CC(N)CC)c2)n1. The molecule has 2 N–H and O–H groups in total. The first-order chi connectivity index (χ1) is 9.67. The summed E-state index contributed by atoms with van der Waals surface area (Å²) in [4.78, 5) is 0. The molecule has 1 aromatic heterocycles. The molecule has 1 atom stereocenters. The smallest absolute Gasteiger partial charge is 0.0651 e. The van der Waals surface area contributed by atoms with E-state index in [2.05, 4.69) is 55.8 Å². The van der Waals surface area contributed by atoms with E-state index >= 15 is 0 Å². The number of nitrogens with two attached hydrogens (primary N) is 1. The highest BCUT2D eigenvalue weighted by molar-refractivity contribution is 5.37. The average molecular weight is 271 g/mol. The molecule has 0 radical (unpaired) electrons. The second-order valence-electron chi connectivity index (χ2n) is 5.29. The molecule has 3 nitrogen and oxygen atoms in total. The third kappa shape index (κ3) is 3.28. The number of hydrogen-bond acceptors (Lipinski definition) is 2. The minimum atomic E-state index is 0.236. The van der Waals surface area contributed by atoms with Crippen molar-refractivity contribution in [3.8, 4) is 5.69 Å². The maximum absolute atomic E-state index is 6.05. The average Bonchev–Trinajstić information content (AvgIpc) is 2.90. The molecule has 3 heteroatoms. The number of rotatable bonds is 6. The van der Waals surface area contributed by atoms with Crippen molar-refractivity contribution in [2.75, 3.05) is 0 Å². The van der Waals surface area contributed by atoms with Gasteiger partial charge in [0.05, 0.1) is 11.4 Å². The Hall–Kier alpha value is -1.61. The van der Waals surface area contributed by atoms with Gasteiger partial charge in [0.15, 0.2) is 0 Å². The van der Waals surface area contributed by atoms with E-state index in [0.717, 1.165) is 37.1 Å². The summed E-state index contributed by atoms with van der Waals surface area (Å²) in [5.74, 6) is 0. The zero-order valence-electron chi connectivity index (χ0n) is 12.8. The van der Waals surface area contributed by atoms with Crippen LogP contribution in [0.25, 0.3) is 5.69 Å². The molecule has 1 unspecified atom stereocenters. The van der Waals surface area contributed by atoms with Crippen LogP contribution in [0, 0.1) is 0 Å². The molecule has 0 aliphatic heterocycles. The second kappa shape index (κ2) is 6.71. The van der Waals surface area contributed by atoms with Crippen LogP contribution in [0.15, 0.2) is 30.3 Å². The van der Waals surface area contributed by atoms with Gasteiger partial charge < -0.3 is 5.73 Å². The third-order valence-corrected chi connectivity index (χ3v) is 3.74. The van der Waals surface area contributed by atoms with Crippen LogP contribution in [0.4, 0.5) is 0 Å². The van der Waals surface area contributed by atoms with Crippen molar-refractivity contribution in [1.29, 1.82) is 0 Å². The van der Waals surface area contributed by atoms with Gasteiger partial charge in [0.1, 0.15) is 0 Å². The van der Waals surface area contributed by atoms with Crippen molar-refractivity contribution in [1.82, 2.24) is 9.78 Å². The molecule has 20 heavy (non-hydrogen) atoms. The highest BCUT2D eigenvalue weighted by Crippen LogP contribution is 2.16. The van der Waals surface area contributed by atoms with E-state index in [4.69, 9.17) is 10.8 Å². The van der Waals surface area contributed by atoms with Crippen LogP contribution in [0.3, 0.4) is 0 Å². The van der Waals surface area contributed by atoms with Gasteiger partial charge >= 0.3 is 0 Å². The quantitative estimate of drug-likeness (QED) is 0.876. The highest BCUT2D eigenvalue weighted by atomic mass is 15.3. The Kier molecular flexibility index (Phi) is 4.96. The first kappa shape index (κ1) is 14.8. The van der Waals surface area contributed by atoms with Gasteiger partial charge in [-0.1, -0.05) is 32.9 Å². The van der Waals surface area contributed by atoms with Crippen LogP contribution in [0.2, 0.25) is 0 Å². The van der Waals surface area contributed by atoms with Gasteiger partial charge in [-0.3, -0.25) is 0 Å². The summed E-state index contributed by atoms with van der Waals surface area (Å²) in [5.41, 5.74) is 10.9. The highest BCUT2D eigenvalue weighted by Gasteiger charge is 2.08. The van der Waals surface area contributed by atoms with Gasteiger partial charge in [-0.25, -0.2) is 4.68 Å². The van der Waals surface area contributed by atoms with Gasteiger partial charge in [0.2, 0.25) is 0 Å². The summed E-state index contributed by atoms with van der Waals surface area (Å²) in [7, 11) is 0. The predicted molar refractivity (Wildman–Crippen MR) is 84.3 cm³/mol. The van der Waals surface area contributed by atoms with E-state index in [0.29, 0.717) is 0 Å². The van der Waals surface area contributed by atoms with Gasteiger partial charge in [-0.2, -0.15) is 5.10 Å². The molecule has 0 amide bonds. The van der Waals surface area contributed by atoms with E-state index < -0.39 is 0 Å². The Morgan fingerprint density at radius 3 is 2.60 bits per heavy atom. The van der Waals surface area contributed by atoms with Crippen molar-refractivity contribution in [2.24, 2.45) is 5.73 Å². The summed E-state index contributed by atoms with van der Waals surface area (Å²) in [5, 5.41) is 4.70. The van der Waals surface area contributed by atoms with Crippen LogP contribution in [-0.4, -0.2) is 15.8 Å². The lowest BCUT2D eigenvalue weighted by Gasteiger charge is -2.11. The fourth-order valence-corrected chi connectivity index (χ4v) is 2.39. The molecule has 108 valence electrons. The fraction of sp³-hybridized carbons (Fsp3) is 0.471. The molecule has 0 aliphatic rings. The molecule has 2 aromatic rings. The molecule has 2 rings (SSSR count). The Balaban J connectivity index is 2.32. The van der Waals surface area contributed by atoms with E-state index in [1.165, 1.54) is 11.3 Å². The zero-order chi connectivity index (χ0) is 14.5. The van der Waals surface area contributed by atoms with Crippen molar-refractivity contribution >= 4 is 0 Å². The van der Waals surface area contributed by atoms with Crippen LogP contribution in [0.5, 0.6) is 0 Å². The molecule has 0 aliphatic carbocycles. The molecule has 0 fully saturated rings. The molecule has 1 aromatic carbocycles. The largest absolute Gasteiger partial charge is 0.327 e. The number of nitrogens with zero attached hydrogens (tertiary/aromatic N) is 2. The lowest BCUT2D eigenvalue weighted by Crippen LogP contribution is -2.21. The monoisotopic (exact) mass is 271 g/mol. The Labute approximate surface area is 121 Å². The Morgan fingerprint density at radius 2 is 1.95 bits per heavy atom. The number of benzene rings is 1. The second-order valence-corrected chi connectivity index (χ2v) is 5.29. The Morgan fingerprint density at radius 1 is 1.15 bits per heavy atom. The van der Waals surface area contributed by atoms with Crippen molar-refractivity contribution < 1.29 is 0 Å².